The molecule has 5 nitrogen and oxygen atoms in total. The third-order valence-corrected chi connectivity index (χ3v) is 4.25. The monoisotopic (exact) mass is 302 g/mol. The molecule has 1 saturated carbocycles. The molecule has 2 aliphatic rings. The maximum atomic E-state index is 12.8. The van der Waals surface area contributed by atoms with Gasteiger partial charge in [-0.1, -0.05) is 12.8 Å². The van der Waals surface area contributed by atoms with Crippen LogP contribution in [0.1, 0.15) is 43.8 Å². The topological polar surface area (TPSA) is 51.0 Å². The molecule has 2 heterocycles. The molecule has 1 aliphatic carbocycles. The molecule has 0 saturated heterocycles. The van der Waals surface area contributed by atoms with E-state index in [4.69, 9.17) is 0 Å². The number of nitrogens with zero attached hydrogens (tertiary/aromatic N) is 4. The van der Waals surface area contributed by atoms with Crippen LogP contribution in [0.15, 0.2) is 0 Å². The second-order valence-electron chi connectivity index (χ2n) is 5.64. The minimum atomic E-state index is -4.48. The van der Waals surface area contributed by atoms with Crippen LogP contribution >= 0.6 is 0 Å². The zero-order valence-corrected chi connectivity index (χ0v) is 11.6. The zero-order chi connectivity index (χ0) is 15.0. The SMILES string of the molecule is O=C1CCCCCC1N1CCn2c(nnc2C(F)(F)F)C1. The Balaban J connectivity index is 1.79. The summed E-state index contributed by atoms with van der Waals surface area (Å²) < 4.78 is 39.5. The van der Waals surface area contributed by atoms with E-state index in [9.17, 15) is 18.0 Å². The molecule has 1 aromatic heterocycles. The molecule has 0 radical (unpaired) electrons. The van der Waals surface area contributed by atoms with Gasteiger partial charge in [-0.05, 0) is 12.8 Å². The van der Waals surface area contributed by atoms with Gasteiger partial charge in [0.25, 0.3) is 0 Å². The molecule has 1 atom stereocenters. The van der Waals surface area contributed by atoms with Crippen LogP contribution in [-0.4, -0.2) is 38.0 Å². The maximum Gasteiger partial charge on any atom is 0.451 e. The zero-order valence-electron chi connectivity index (χ0n) is 11.6. The Bertz CT molecular complexity index is 540. The lowest BCUT2D eigenvalue weighted by atomic mass is 10.1. The van der Waals surface area contributed by atoms with Gasteiger partial charge in [0.1, 0.15) is 11.6 Å². The van der Waals surface area contributed by atoms with Crippen molar-refractivity contribution in [1.29, 1.82) is 0 Å². The first-order chi connectivity index (χ1) is 9.97. The summed E-state index contributed by atoms with van der Waals surface area (Å²) in [4.78, 5) is 14.1. The van der Waals surface area contributed by atoms with Crippen LogP contribution in [0.3, 0.4) is 0 Å². The Morgan fingerprint density at radius 3 is 2.67 bits per heavy atom. The van der Waals surface area contributed by atoms with Gasteiger partial charge >= 0.3 is 6.18 Å². The van der Waals surface area contributed by atoms with Crippen LogP contribution in [-0.2, 0) is 24.1 Å². The smallest absolute Gasteiger partial charge is 0.305 e. The van der Waals surface area contributed by atoms with E-state index in [2.05, 4.69) is 10.2 Å². The number of carbonyl (C=O) groups excluding carboxylic acids is 1. The predicted octanol–water partition coefficient (Wildman–Crippen LogP) is 2.01. The number of ketones is 1. The quantitative estimate of drug-likeness (QED) is 0.745. The van der Waals surface area contributed by atoms with Crippen molar-refractivity contribution < 1.29 is 18.0 Å². The first-order valence-electron chi connectivity index (χ1n) is 7.23. The average Bonchev–Trinajstić information content (AvgIpc) is 2.74. The number of hydrogen-bond donors (Lipinski definition) is 0. The lowest BCUT2D eigenvalue weighted by Gasteiger charge is -2.33. The van der Waals surface area contributed by atoms with Gasteiger partial charge in [0.2, 0.25) is 5.82 Å². The largest absolute Gasteiger partial charge is 0.451 e. The van der Waals surface area contributed by atoms with Gasteiger partial charge in [-0.25, -0.2) is 0 Å². The molecule has 0 bridgehead atoms. The highest BCUT2D eigenvalue weighted by molar-refractivity contribution is 5.84. The van der Waals surface area contributed by atoms with E-state index >= 15 is 0 Å². The molecule has 0 aromatic carbocycles. The van der Waals surface area contributed by atoms with E-state index in [0.717, 1.165) is 30.3 Å². The van der Waals surface area contributed by atoms with Crippen LogP contribution in [0.4, 0.5) is 13.2 Å². The number of halogens is 3. The number of hydrogen-bond acceptors (Lipinski definition) is 4. The number of fused-ring (bicyclic) bond motifs is 1. The lowest BCUT2D eigenvalue weighted by molar-refractivity contribution is -0.148. The molecule has 0 N–H and O–H groups in total. The van der Waals surface area contributed by atoms with Gasteiger partial charge in [0.05, 0.1) is 12.6 Å². The van der Waals surface area contributed by atoms with Gasteiger partial charge in [0, 0.05) is 19.5 Å². The van der Waals surface area contributed by atoms with E-state index in [1.807, 2.05) is 4.90 Å². The standard InChI is InChI=1S/C13H17F3N4O/c14-13(15,16)12-18-17-11-8-19(6-7-20(11)12)9-4-2-1-3-5-10(9)21/h9H,1-8H2. The molecular formula is C13H17F3N4O. The Hall–Kier alpha value is -1.44. The summed E-state index contributed by atoms with van der Waals surface area (Å²) in [7, 11) is 0. The minimum absolute atomic E-state index is 0.174. The summed E-state index contributed by atoms with van der Waals surface area (Å²) in [5, 5.41) is 6.92. The summed E-state index contributed by atoms with van der Waals surface area (Å²) >= 11 is 0. The van der Waals surface area contributed by atoms with Crippen LogP contribution in [0, 0.1) is 0 Å². The highest BCUT2D eigenvalue weighted by atomic mass is 19.4. The van der Waals surface area contributed by atoms with E-state index in [-0.39, 0.29) is 24.9 Å². The van der Waals surface area contributed by atoms with Crippen molar-refractivity contribution in [1.82, 2.24) is 19.7 Å². The fraction of sp³-hybridized carbons (Fsp3) is 0.769. The summed E-state index contributed by atoms with van der Waals surface area (Å²) in [6.07, 6.45) is -0.165. The number of rotatable bonds is 1. The summed E-state index contributed by atoms with van der Waals surface area (Å²) in [6.45, 7) is 0.880. The highest BCUT2D eigenvalue weighted by Crippen LogP contribution is 2.30. The first kappa shape index (κ1) is 14.5. The van der Waals surface area contributed by atoms with Gasteiger partial charge < -0.3 is 4.57 Å². The molecule has 116 valence electrons. The van der Waals surface area contributed by atoms with Crippen molar-refractivity contribution in [3.63, 3.8) is 0 Å². The normalized spacial score (nSPS) is 24.7. The van der Waals surface area contributed by atoms with Crippen molar-refractivity contribution in [3.05, 3.63) is 11.6 Å². The highest BCUT2D eigenvalue weighted by Gasteiger charge is 2.40. The van der Waals surface area contributed by atoms with E-state index in [1.165, 1.54) is 0 Å². The molecule has 0 spiro atoms. The maximum absolute atomic E-state index is 12.8. The van der Waals surface area contributed by atoms with Crippen LogP contribution in [0.2, 0.25) is 0 Å². The van der Waals surface area contributed by atoms with Crippen LogP contribution in [0.5, 0.6) is 0 Å². The summed E-state index contributed by atoms with van der Waals surface area (Å²) in [5.41, 5.74) is 0. The van der Waals surface area contributed by atoms with Crippen molar-refractivity contribution >= 4 is 5.78 Å². The van der Waals surface area contributed by atoms with Crippen molar-refractivity contribution in [3.8, 4) is 0 Å². The molecule has 8 heteroatoms. The second kappa shape index (κ2) is 5.40. The van der Waals surface area contributed by atoms with Crippen molar-refractivity contribution in [2.24, 2.45) is 0 Å². The van der Waals surface area contributed by atoms with Gasteiger partial charge in [0.15, 0.2) is 0 Å². The molecule has 1 aromatic rings. The molecule has 1 unspecified atom stereocenters. The van der Waals surface area contributed by atoms with Crippen molar-refractivity contribution in [2.75, 3.05) is 6.54 Å². The number of carbonyl (C=O) groups is 1. The average molecular weight is 302 g/mol. The van der Waals surface area contributed by atoms with Gasteiger partial charge in [-0.2, -0.15) is 13.2 Å². The third-order valence-electron chi connectivity index (χ3n) is 4.25. The molecule has 3 rings (SSSR count). The van der Waals surface area contributed by atoms with E-state index < -0.39 is 12.0 Å². The Kier molecular flexibility index (Phi) is 3.73. The van der Waals surface area contributed by atoms with E-state index in [1.54, 1.807) is 0 Å². The van der Waals surface area contributed by atoms with Crippen LogP contribution < -0.4 is 0 Å². The molecule has 1 fully saturated rings. The number of Topliss-reactive ketones (excluding diaryl/α,β-unsaturated/α-hetero) is 1. The lowest BCUT2D eigenvalue weighted by Crippen LogP contribution is -2.45. The minimum Gasteiger partial charge on any atom is -0.305 e. The predicted molar refractivity (Wildman–Crippen MR) is 67.3 cm³/mol. The molecule has 21 heavy (non-hydrogen) atoms. The number of aromatic nitrogens is 3. The van der Waals surface area contributed by atoms with Gasteiger partial charge in [-0.15, -0.1) is 10.2 Å². The van der Waals surface area contributed by atoms with E-state index in [0.29, 0.717) is 18.8 Å². The van der Waals surface area contributed by atoms with Crippen molar-refractivity contribution in [2.45, 2.75) is 57.4 Å². The van der Waals surface area contributed by atoms with Gasteiger partial charge in [-0.3, -0.25) is 9.69 Å². The Labute approximate surface area is 120 Å². The summed E-state index contributed by atoms with van der Waals surface area (Å²) in [6, 6.07) is -0.174. The molecular weight excluding hydrogens is 285 g/mol. The molecule has 0 amide bonds. The fourth-order valence-electron chi connectivity index (χ4n) is 3.18. The summed E-state index contributed by atoms with van der Waals surface area (Å²) in [5.74, 6) is -0.438. The third kappa shape index (κ3) is 2.81. The Morgan fingerprint density at radius 1 is 1.10 bits per heavy atom. The number of alkyl halides is 3. The molecule has 1 aliphatic heterocycles. The van der Waals surface area contributed by atoms with Crippen LogP contribution in [0.25, 0.3) is 0 Å². The Morgan fingerprint density at radius 2 is 1.90 bits per heavy atom. The second-order valence-corrected chi connectivity index (χ2v) is 5.64. The fourth-order valence-corrected chi connectivity index (χ4v) is 3.18. The first-order valence-corrected chi connectivity index (χ1v) is 7.23.